The molecule has 2 rings (SSSR count). The minimum atomic E-state index is -3.68. The molecule has 1 aromatic heterocycles. The van der Waals surface area contributed by atoms with E-state index < -0.39 is 19.9 Å². The molecule has 0 bridgehead atoms. The molecule has 0 N–H and O–H groups in total. The summed E-state index contributed by atoms with van der Waals surface area (Å²) >= 11 is 0. The number of hydrogen-bond acceptors (Lipinski definition) is 3. The van der Waals surface area contributed by atoms with Crippen molar-refractivity contribution < 1.29 is 18.6 Å². The van der Waals surface area contributed by atoms with Gasteiger partial charge in [-0.2, -0.15) is 0 Å². The van der Waals surface area contributed by atoms with Gasteiger partial charge < -0.3 is 14.0 Å². The fourth-order valence-electron chi connectivity index (χ4n) is 2.48. The minimum absolute atomic E-state index is 0.211. The van der Waals surface area contributed by atoms with E-state index in [2.05, 4.69) is 0 Å². The van der Waals surface area contributed by atoms with Crippen molar-refractivity contribution in [2.24, 2.45) is 0 Å². The van der Waals surface area contributed by atoms with E-state index >= 15 is 0 Å². The average molecular weight is 337 g/mol. The monoisotopic (exact) mass is 337 g/mol. The second-order valence-corrected chi connectivity index (χ2v) is 12.3. The van der Waals surface area contributed by atoms with Crippen LogP contribution >= 0.6 is 14.5 Å². The number of nitrogens with zero attached hydrogens (tertiary/aromatic N) is 1. The van der Waals surface area contributed by atoms with Crippen molar-refractivity contribution in [1.29, 1.82) is 0 Å². The maximum Gasteiger partial charge on any atom is 0.176 e. The van der Waals surface area contributed by atoms with Crippen LogP contribution in [0.4, 0.5) is 0 Å². The lowest BCUT2D eigenvalue weighted by Gasteiger charge is -2.29. The zero-order valence-electron chi connectivity index (χ0n) is 13.0. The van der Waals surface area contributed by atoms with Gasteiger partial charge in [-0.1, -0.05) is 30.3 Å². The molecule has 1 aromatic carbocycles. The third kappa shape index (κ3) is 4.39. The minimum Gasteiger partial charge on any atom is -0.799 e. The van der Waals surface area contributed by atoms with Gasteiger partial charge in [-0.25, -0.2) is 4.57 Å². The van der Waals surface area contributed by atoms with Gasteiger partial charge in [0.2, 0.25) is 0 Å². The Balaban J connectivity index is 2.34. The van der Waals surface area contributed by atoms with Crippen LogP contribution in [-0.2, 0) is 15.7 Å². The van der Waals surface area contributed by atoms with E-state index in [-0.39, 0.29) is 6.54 Å². The first kappa shape index (κ1) is 17.1. The Hall–Kier alpha value is -1.21. The Morgan fingerprint density at radius 2 is 1.59 bits per heavy atom. The van der Waals surface area contributed by atoms with Gasteiger partial charge in [-0.3, -0.25) is 0 Å². The molecule has 0 amide bonds. The Bertz CT molecular complexity index is 712. The summed E-state index contributed by atoms with van der Waals surface area (Å²) in [5, 5.41) is -0.837. The van der Waals surface area contributed by atoms with Crippen LogP contribution in [-0.4, -0.2) is 25.4 Å². The highest BCUT2D eigenvalue weighted by Gasteiger charge is 2.33. The molecule has 2 unspecified atom stereocenters. The molecular weight excluding hydrogens is 316 g/mol. The summed E-state index contributed by atoms with van der Waals surface area (Å²) in [6.07, 6.45) is 3.71. The number of rotatable bonds is 5. The lowest BCUT2D eigenvalue weighted by molar-refractivity contribution is -0.694. The van der Waals surface area contributed by atoms with Crippen molar-refractivity contribution in [1.82, 2.24) is 0 Å². The number of aromatic nitrogens is 1. The predicted molar refractivity (Wildman–Crippen MR) is 88.8 cm³/mol. The first-order chi connectivity index (χ1) is 10.2. The van der Waals surface area contributed by atoms with Gasteiger partial charge in [0, 0.05) is 19.0 Å². The van der Waals surface area contributed by atoms with Gasteiger partial charge >= 0.3 is 0 Å². The molecule has 0 radical (unpaired) electrons. The number of pyridine rings is 1. The van der Waals surface area contributed by atoms with Crippen LogP contribution in [0.1, 0.15) is 0 Å². The lowest BCUT2D eigenvalue weighted by Crippen LogP contribution is -2.40. The number of benzene rings is 1. The first-order valence-electron chi connectivity index (χ1n) is 7.05. The average Bonchev–Trinajstić information content (AvgIpc) is 2.44. The standard InChI is InChI=1S/C16H21NO3P2/c1-21(2,18)16(22(3,19)20)13-17-11-7-10-15(12-17)14-8-5-4-6-9-14/h4-12,16H,13H2,1-3H3. The van der Waals surface area contributed by atoms with E-state index in [1.807, 2.05) is 54.9 Å². The summed E-state index contributed by atoms with van der Waals surface area (Å²) in [6.45, 7) is 4.46. The Kier molecular flexibility index (Phi) is 5.07. The molecule has 4 nitrogen and oxygen atoms in total. The van der Waals surface area contributed by atoms with E-state index in [4.69, 9.17) is 0 Å². The van der Waals surface area contributed by atoms with Crippen LogP contribution in [0, 0.1) is 0 Å². The van der Waals surface area contributed by atoms with Crippen molar-refractivity contribution in [2.45, 2.75) is 11.9 Å². The van der Waals surface area contributed by atoms with Crippen molar-refractivity contribution in [2.75, 3.05) is 20.0 Å². The van der Waals surface area contributed by atoms with E-state index in [9.17, 15) is 14.0 Å². The summed E-state index contributed by atoms with van der Waals surface area (Å²) < 4.78 is 26.1. The fourth-order valence-corrected chi connectivity index (χ4v) is 7.58. The molecule has 0 saturated heterocycles. The molecule has 0 aliphatic carbocycles. The van der Waals surface area contributed by atoms with Crippen LogP contribution in [0.15, 0.2) is 54.9 Å². The zero-order valence-corrected chi connectivity index (χ0v) is 14.8. The molecule has 22 heavy (non-hydrogen) atoms. The summed E-state index contributed by atoms with van der Waals surface area (Å²) in [4.78, 5) is 12.0. The molecule has 1 heterocycles. The van der Waals surface area contributed by atoms with Crippen LogP contribution in [0.5, 0.6) is 0 Å². The molecule has 0 fully saturated rings. The highest BCUT2D eigenvalue weighted by atomic mass is 31.2. The molecule has 2 aromatic rings. The summed E-state index contributed by atoms with van der Waals surface area (Å²) in [6, 6.07) is 13.7. The van der Waals surface area contributed by atoms with Crippen molar-refractivity contribution >= 4 is 14.5 Å². The van der Waals surface area contributed by atoms with E-state index in [0.29, 0.717) is 0 Å². The van der Waals surface area contributed by atoms with Gasteiger partial charge in [-0.05, 0) is 31.6 Å². The maximum absolute atomic E-state index is 12.3. The molecule has 0 aliphatic heterocycles. The largest absolute Gasteiger partial charge is 0.799 e. The molecule has 0 aliphatic rings. The Morgan fingerprint density at radius 1 is 1.00 bits per heavy atom. The van der Waals surface area contributed by atoms with Gasteiger partial charge in [0.15, 0.2) is 18.9 Å². The highest BCUT2D eigenvalue weighted by Crippen LogP contribution is 2.58. The van der Waals surface area contributed by atoms with Crippen LogP contribution < -0.4 is 9.46 Å². The van der Waals surface area contributed by atoms with Crippen molar-refractivity contribution in [3.63, 3.8) is 0 Å². The Labute approximate surface area is 131 Å². The second kappa shape index (κ2) is 6.50. The highest BCUT2D eigenvalue weighted by molar-refractivity contribution is 7.77. The van der Waals surface area contributed by atoms with Gasteiger partial charge in [0.25, 0.3) is 0 Å². The molecule has 2 atom stereocenters. The quantitative estimate of drug-likeness (QED) is 0.623. The van der Waals surface area contributed by atoms with Crippen LogP contribution in [0.2, 0.25) is 0 Å². The van der Waals surface area contributed by atoms with E-state index in [1.54, 1.807) is 4.57 Å². The SMILES string of the molecule is CP(C)(=O)C(C[n+]1cccc(-c2ccccc2)c1)P(C)(=O)[O-]. The molecule has 118 valence electrons. The predicted octanol–water partition coefficient (Wildman–Crippen LogP) is 2.86. The fraction of sp³-hybridized carbons (Fsp3) is 0.312. The molecule has 0 spiro atoms. The Morgan fingerprint density at radius 3 is 2.14 bits per heavy atom. The third-order valence-electron chi connectivity index (χ3n) is 3.60. The maximum atomic E-state index is 12.3. The van der Waals surface area contributed by atoms with Crippen molar-refractivity contribution in [3.8, 4) is 11.1 Å². The second-order valence-electron chi connectivity index (χ2n) is 5.98. The zero-order chi connectivity index (χ0) is 16.4. The van der Waals surface area contributed by atoms with Gasteiger partial charge in [-0.15, -0.1) is 0 Å². The van der Waals surface area contributed by atoms with Gasteiger partial charge in [0.1, 0.15) is 5.40 Å². The van der Waals surface area contributed by atoms with Crippen LogP contribution in [0.25, 0.3) is 11.1 Å². The smallest absolute Gasteiger partial charge is 0.176 e. The lowest BCUT2D eigenvalue weighted by atomic mass is 10.1. The summed E-state index contributed by atoms with van der Waals surface area (Å²) in [5.74, 6) is 0. The topological polar surface area (TPSA) is 61.1 Å². The molecular formula is C16H21NO3P2. The molecule has 0 saturated carbocycles. The molecule has 6 heteroatoms. The van der Waals surface area contributed by atoms with E-state index in [1.165, 1.54) is 20.0 Å². The van der Waals surface area contributed by atoms with Crippen LogP contribution in [0.3, 0.4) is 0 Å². The third-order valence-corrected chi connectivity index (χ3v) is 9.37. The summed E-state index contributed by atoms with van der Waals surface area (Å²) in [7, 11) is -6.43. The van der Waals surface area contributed by atoms with Gasteiger partial charge in [0.05, 0.1) is 7.14 Å². The normalized spacial score (nSPS) is 16.0. The van der Waals surface area contributed by atoms with E-state index in [0.717, 1.165) is 11.1 Å². The van der Waals surface area contributed by atoms with Crippen molar-refractivity contribution in [3.05, 3.63) is 54.9 Å². The summed E-state index contributed by atoms with van der Waals surface area (Å²) in [5.41, 5.74) is 2.06. The first-order valence-corrected chi connectivity index (χ1v) is 11.9. The number of hydrogen-bond donors (Lipinski definition) is 0.